The van der Waals surface area contributed by atoms with E-state index < -0.39 is 17.6 Å². The summed E-state index contributed by atoms with van der Waals surface area (Å²) in [7, 11) is 0. The zero-order chi connectivity index (χ0) is 22.9. The first kappa shape index (κ1) is 21.8. The van der Waals surface area contributed by atoms with Crippen molar-refractivity contribution in [1.29, 1.82) is 0 Å². The Balaban J connectivity index is 1.47. The number of fused-ring (bicyclic) bond motifs is 1. The molecule has 1 aromatic carbocycles. The molecule has 4 rings (SSSR count). The second-order valence-corrected chi connectivity index (χ2v) is 9.28. The Hall–Kier alpha value is -3.40. The molecule has 1 unspecified atom stereocenters. The summed E-state index contributed by atoms with van der Waals surface area (Å²) in [4.78, 5) is 20.2. The van der Waals surface area contributed by atoms with Crippen LogP contribution in [-0.2, 0) is 11.3 Å². The summed E-state index contributed by atoms with van der Waals surface area (Å²) in [5, 5.41) is 11.5. The number of halogens is 1. The third-order valence-electron chi connectivity index (χ3n) is 4.47. The fraction of sp³-hybridized carbons (Fsp3) is 0.318. The van der Waals surface area contributed by atoms with Crippen LogP contribution in [0.4, 0.5) is 9.18 Å². The Morgan fingerprint density at radius 2 is 2.00 bits per heavy atom. The second-order valence-electron chi connectivity index (χ2n) is 8.22. The minimum absolute atomic E-state index is 0.0730. The molecule has 10 heteroatoms. The third kappa shape index (κ3) is 5.08. The van der Waals surface area contributed by atoms with Gasteiger partial charge in [-0.25, -0.2) is 14.8 Å². The highest BCUT2D eigenvalue weighted by Crippen LogP contribution is 2.33. The van der Waals surface area contributed by atoms with Crippen molar-refractivity contribution < 1.29 is 18.3 Å². The number of carbonyl (C=O) groups excluding carboxylic acids is 1. The summed E-state index contributed by atoms with van der Waals surface area (Å²) in [6, 6.07) is 8.88. The molecule has 0 fully saturated rings. The second kappa shape index (κ2) is 8.62. The molecule has 0 radical (unpaired) electrons. The number of ether oxygens (including phenoxy) is 1. The third-order valence-corrected chi connectivity index (χ3v) is 5.67. The van der Waals surface area contributed by atoms with Crippen LogP contribution in [-0.4, -0.2) is 31.9 Å². The Labute approximate surface area is 187 Å². The molecule has 3 heterocycles. The predicted octanol–water partition coefficient (Wildman–Crippen LogP) is 5.06. The highest BCUT2D eigenvalue weighted by molar-refractivity contribution is 7.18. The molecule has 1 atom stereocenters. The van der Waals surface area contributed by atoms with Crippen LogP contribution in [0.3, 0.4) is 0 Å². The molecule has 166 valence electrons. The number of nitrogens with zero attached hydrogens (tertiary/aromatic N) is 4. The zero-order valence-electron chi connectivity index (χ0n) is 18.0. The van der Waals surface area contributed by atoms with Gasteiger partial charge in [0, 0.05) is 11.8 Å². The standard InChI is InChI=1S/C22H22FN5O3S/c1-12(19-28-27-18(30-19)11-25-21(29)31-22(2,3)4)20-26-15-7-5-13(9-16(15)32-20)14-6-8-17(23)24-10-14/h5-10,12H,11H2,1-4H3,(H,25,29). The predicted molar refractivity (Wildman–Crippen MR) is 118 cm³/mol. The van der Waals surface area contributed by atoms with Crippen molar-refractivity contribution in [3.05, 3.63) is 59.3 Å². The van der Waals surface area contributed by atoms with Crippen LogP contribution in [0.2, 0.25) is 0 Å². The van der Waals surface area contributed by atoms with Crippen LogP contribution < -0.4 is 5.32 Å². The van der Waals surface area contributed by atoms with E-state index in [4.69, 9.17) is 9.15 Å². The Bertz CT molecular complexity index is 1250. The molecule has 0 aliphatic heterocycles. The highest BCUT2D eigenvalue weighted by Gasteiger charge is 2.21. The number of rotatable bonds is 5. The number of hydrogen-bond donors (Lipinski definition) is 1. The van der Waals surface area contributed by atoms with E-state index in [9.17, 15) is 9.18 Å². The maximum atomic E-state index is 13.1. The smallest absolute Gasteiger partial charge is 0.408 e. The van der Waals surface area contributed by atoms with Crippen molar-refractivity contribution >= 4 is 27.6 Å². The number of aromatic nitrogens is 4. The SMILES string of the molecule is CC(c1nnc(CNC(=O)OC(C)(C)C)o1)c1nc2ccc(-c3ccc(F)nc3)cc2s1. The average Bonchev–Trinajstić information content (AvgIpc) is 3.37. The first-order valence-electron chi connectivity index (χ1n) is 9.99. The Morgan fingerprint density at radius 1 is 1.22 bits per heavy atom. The molecule has 1 N–H and O–H groups in total. The van der Waals surface area contributed by atoms with E-state index in [0.29, 0.717) is 5.89 Å². The first-order chi connectivity index (χ1) is 15.2. The first-order valence-corrected chi connectivity index (χ1v) is 10.8. The number of benzene rings is 1. The number of carbonyl (C=O) groups is 1. The topological polar surface area (TPSA) is 103 Å². The van der Waals surface area contributed by atoms with Gasteiger partial charge in [-0.2, -0.15) is 4.39 Å². The van der Waals surface area contributed by atoms with E-state index in [-0.39, 0.29) is 18.4 Å². The van der Waals surface area contributed by atoms with Gasteiger partial charge in [0.25, 0.3) is 0 Å². The van der Waals surface area contributed by atoms with Crippen LogP contribution >= 0.6 is 11.3 Å². The van der Waals surface area contributed by atoms with Crippen LogP contribution in [0.1, 0.15) is 50.4 Å². The van der Waals surface area contributed by atoms with E-state index in [2.05, 4.69) is 25.5 Å². The fourth-order valence-corrected chi connectivity index (χ4v) is 3.99. The van der Waals surface area contributed by atoms with E-state index in [0.717, 1.165) is 26.4 Å². The van der Waals surface area contributed by atoms with Gasteiger partial charge in [0.2, 0.25) is 17.7 Å². The summed E-state index contributed by atoms with van der Waals surface area (Å²) in [6.45, 7) is 7.37. The number of hydrogen-bond acceptors (Lipinski definition) is 8. The Morgan fingerprint density at radius 3 is 2.72 bits per heavy atom. The lowest BCUT2D eigenvalue weighted by Crippen LogP contribution is -2.32. The lowest BCUT2D eigenvalue weighted by molar-refractivity contribution is 0.0518. The molecular weight excluding hydrogens is 433 g/mol. The Kier molecular flexibility index (Phi) is 5.88. The molecule has 4 aromatic rings. The van der Waals surface area contributed by atoms with Gasteiger partial charge in [-0.15, -0.1) is 21.5 Å². The fourth-order valence-electron chi connectivity index (χ4n) is 2.93. The molecule has 0 saturated heterocycles. The van der Waals surface area contributed by atoms with Crippen molar-refractivity contribution in [2.24, 2.45) is 0 Å². The highest BCUT2D eigenvalue weighted by atomic mass is 32.1. The van der Waals surface area contributed by atoms with Crippen LogP contribution in [0, 0.1) is 5.95 Å². The molecule has 3 aromatic heterocycles. The van der Waals surface area contributed by atoms with Crippen molar-refractivity contribution in [3.63, 3.8) is 0 Å². The van der Waals surface area contributed by atoms with Crippen LogP contribution in [0.15, 0.2) is 40.9 Å². The minimum Gasteiger partial charge on any atom is -0.444 e. The van der Waals surface area contributed by atoms with Crippen molar-refractivity contribution in [2.75, 3.05) is 0 Å². The van der Waals surface area contributed by atoms with Crippen molar-refractivity contribution in [3.8, 4) is 11.1 Å². The maximum Gasteiger partial charge on any atom is 0.408 e. The summed E-state index contributed by atoms with van der Waals surface area (Å²) in [5.41, 5.74) is 2.02. The normalized spacial score (nSPS) is 12.7. The molecule has 8 nitrogen and oxygen atoms in total. The monoisotopic (exact) mass is 455 g/mol. The number of thiazole rings is 1. The van der Waals surface area contributed by atoms with Gasteiger partial charge in [0.1, 0.15) is 10.6 Å². The average molecular weight is 456 g/mol. The number of amides is 1. The summed E-state index contributed by atoms with van der Waals surface area (Å²) >= 11 is 1.52. The number of pyridine rings is 1. The van der Waals surface area contributed by atoms with E-state index >= 15 is 0 Å². The quantitative estimate of drug-likeness (QED) is 0.420. The lowest BCUT2D eigenvalue weighted by atomic mass is 10.1. The van der Waals surface area contributed by atoms with Gasteiger partial charge in [-0.1, -0.05) is 6.07 Å². The molecule has 0 spiro atoms. The molecule has 0 bridgehead atoms. The summed E-state index contributed by atoms with van der Waals surface area (Å²) < 4.78 is 25.0. The van der Waals surface area contributed by atoms with Gasteiger partial charge in [0.05, 0.1) is 22.7 Å². The molecule has 0 aliphatic rings. The molecular formula is C22H22FN5O3S. The van der Waals surface area contributed by atoms with Gasteiger partial charge in [0.15, 0.2) is 0 Å². The van der Waals surface area contributed by atoms with E-state index in [1.807, 2.05) is 25.1 Å². The maximum absolute atomic E-state index is 13.1. The molecule has 0 saturated carbocycles. The van der Waals surface area contributed by atoms with Gasteiger partial charge < -0.3 is 14.5 Å². The summed E-state index contributed by atoms with van der Waals surface area (Å²) in [6.07, 6.45) is 0.954. The minimum atomic E-state index is -0.585. The lowest BCUT2D eigenvalue weighted by Gasteiger charge is -2.19. The molecule has 32 heavy (non-hydrogen) atoms. The van der Waals surface area contributed by atoms with Gasteiger partial charge in [-0.3, -0.25) is 0 Å². The van der Waals surface area contributed by atoms with Crippen molar-refractivity contribution in [1.82, 2.24) is 25.5 Å². The number of nitrogens with one attached hydrogen (secondary N) is 1. The van der Waals surface area contributed by atoms with Gasteiger partial charge >= 0.3 is 6.09 Å². The van der Waals surface area contributed by atoms with Gasteiger partial charge in [-0.05, 0) is 57.5 Å². The van der Waals surface area contributed by atoms with E-state index in [1.165, 1.54) is 23.6 Å². The van der Waals surface area contributed by atoms with E-state index in [1.54, 1.807) is 26.8 Å². The zero-order valence-corrected chi connectivity index (χ0v) is 18.9. The largest absolute Gasteiger partial charge is 0.444 e. The van der Waals surface area contributed by atoms with Crippen LogP contribution in [0.25, 0.3) is 21.3 Å². The molecule has 1 amide bonds. The number of alkyl carbamates (subject to hydrolysis) is 1. The van der Waals surface area contributed by atoms with Crippen LogP contribution in [0.5, 0.6) is 0 Å². The summed E-state index contributed by atoms with van der Waals surface area (Å²) in [5.74, 6) is -0.0343. The molecule has 0 aliphatic carbocycles. The van der Waals surface area contributed by atoms with Crippen molar-refractivity contribution in [2.45, 2.75) is 45.8 Å².